The second-order valence-corrected chi connectivity index (χ2v) is 9.00. The zero-order valence-corrected chi connectivity index (χ0v) is 16.2. The number of aromatic nitrogens is 2. The minimum atomic E-state index is 0.681. The van der Waals surface area contributed by atoms with Crippen molar-refractivity contribution in [3.05, 3.63) is 11.8 Å². The number of fused-ring (bicyclic) bond motifs is 4. The Labute approximate surface area is 152 Å². The summed E-state index contributed by atoms with van der Waals surface area (Å²) in [7, 11) is 0. The third-order valence-corrected chi connectivity index (χ3v) is 6.66. The number of aryl methyl sites for hydroxylation is 1. The zero-order chi connectivity index (χ0) is 17.4. The van der Waals surface area contributed by atoms with Crippen molar-refractivity contribution in [2.45, 2.75) is 77.9 Å². The molecule has 3 fully saturated rings. The van der Waals surface area contributed by atoms with Crippen molar-refractivity contribution in [2.75, 3.05) is 19.6 Å². The number of rotatable bonds is 5. The number of hydrogen-bond donors (Lipinski definition) is 0. The molecular formula is C20H34N4O. The molecule has 4 heterocycles. The quantitative estimate of drug-likeness (QED) is 0.817. The first-order valence-electron chi connectivity index (χ1n) is 10.4. The molecule has 4 rings (SSSR count). The highest BCUT2D eigenvalue weighted by atomic mass is 16.4. The third kappa shape index (κ3) is 3.77. The van der Waals surface area contributed by atoms with Gasteiger partial charge in [-0.25, -0.2) is 0 Å². The maximum Gasteiger partial charge on any atom is 0.230 e. The normalized spacial score (nSPS) is 33.6. The number of likely N-dealkylation sites (tertiary alicyclic amines) is 1. The van der Waals surface area contributed by atoms with Gasteiger partial charge in [0.1, 0.15) is 0 Å². The molecule has 3 saturated heterocycles. The summed E-state index contributed by atoms with van der Waals surface area (Å²) in [4.78, 5) is 5.53. The maximum atomic E-state index is 5.65. The molecule has 0 N–H and O–H groups in total. The van der Waals surface area contributed by atoms with E-state index in [-0.39, 0.29) is 0 Å². The van der Waals surface area contributed by atoms with E-state index in [9.17, 15) is 0 Å². The first-order chi connectivity index (χ1) is 12.1. The van der Waals surface area contributed by atoms with E-state index in [1.165, 1.54) is 58.2 Å². The summed E-state index contributed by atoms with van der Waals surface area (Å²) in [6, 6.07) is 1.60. The van der Waals surface area contributed by atoms with E-state index in [0.29, 0.717) is 5.89 Å². The van der Waals surface area contributed by atoms with Crippen LogP contribution in [0.1, 0.15) is 64.2 Å². The van der Waals surface area contributed by atoms with Gasteiger partial charge in [0, 0.05) is 32.1 Å². The van der Waals surface area contributed by atoms with Crippen LogP contribution in [-0.4, -0.2) is 51.7 Å². The Morgan fingerprint density at radius 2 is 2.00 bits per heavy atom. The molecule has 1 aromatic heterocycles. The van der Waals surface area contributed by atoms with E-state index in [2.05, 4.69) is 33.8 Å². The van der Waals surface area contributed by atoms with Gasteiger partial charge in [0.25, 0.3) is 0 Å². The van der Waals surface area contributed by atoms with Gasteiger partial charge in [-0.3, -0.25) is 9.80 Å². The summed E-state index contributed by atoms with van der Waals surface area (Å²) in [6.45, 7) is 11.2. The molecule has 0 aromatic carbocycles. The lowest BCUT2D eigenvalue weighted by Gasteiger charge is -2.57. The average Bonchev–Trinajstić information content (AvgIpc) is 2.99. The molecular weight excluding hydrogens is 312 g/mol. The Hall–Kier alpha value is -0.940. The summed E-state index contributed by atoms with van der Waals surface area (Å²) in [5.74, 6) is 3.92. The number of piperidine rings is 3. The summed E-state index contributed by atoms with van der Waals surface area (Å²) in [5, 5.41) is 8.23. The minimum absolute atomic E-state index is 0.681. The Kier molecular flexibility index (Phi) is 5.14. The van der Waals surface area contributed by atoms with Crippen LogP contribution in [0.5, 0.6) is 0 Å². The number of nitrogens with zero attached hydrogens (tertiary/aromatic N) is 4. The largest absolute Gasteiger partial charge is 0.424 e. The lowest BCUT2D eigenvalue weighted by molar-refractivity contribution is -0.0779. The second-order valence-electron chi connectivity index (χ2n) is 9.00. The summed E-state index contributed by atoms with van der Waals surface area (Å²) < 4.78 is 5.65. The maximum absolute atomic E-state index is 5.65. The molecule has 25 heavy (non-hydrogen) atoms. The van der Waals surface area contributed by atoms with Crippen molar-refractivity contribution in [3.63, 3.8) is 0 Å². The molecule has 1 aromatic rings. The molecule has 5 nitrogen and oxygen atoms in total. The van der Waals surface area contributed by atoms with Crippen molar-refractivity contribution in [2.24, 2.45) is 17.8 Å². The van der Waals surface area contributed by atoms with Gasteiger partial charge in [0.05, 0.1) is 6.54 Å². The average molecular weight is 347 g/mol. The van der Waals surface area contributed by atoms with Gasteiger partial charge in [-0.2, -0.15) is 0 Å². The highest BCUT2D eigenvalue weighted by molar-refractivity contribution is 5.01. The van der Waals surface area contributed by atoms with Crippen LogP contribution in [0, 0.1) is 24.7 Å². The van der Waals surface area contributed by atoms with Crippen LogP contribution in [0.15, 0.2) is 4.42 Å². The predicted molar refractivity (Wildman–Crippen MR) is 98.1 cm³/mol. The first kappa shape index (κ1) is 17.5. The summed E-state index contributed by atoms with van der Waals surface area (Å²) in [6.07, 6.45) is 8.39. The van der Waals surface area contributed by atoms with Crippen LogP contribution in [0.4, 0.5) is 0 Å². The fourth-order valence-corrected chi connectivity index (χ4v) is 5.63. The van der Waals surface area contributed by atoms with Gasteiger partial charge in [0.15, 0.2) is 0 Å². The van der Waals surface area contributed by atoms with Gasteiger partial charge in [0.2, 0.25) is 11.8 Å². The topological polar surface area (TPSA) is 45.4 Å². The van der Waals surface area contributed by atoms with Crippen LogP contribution in [0.2, 0.25) is 0 Å². The van der Waals surface area contributed by atoms with Gasteiger partial charge in [-0.1, -0.05) is 20.3 Å². The lowest BCUT2D eigenvalue weighted by atomic mass is 9.71. The van der Waals surface area contributed by atoms with E-state index >= 15 is 0 Å². The van der Waals surface area contributed by atoms with Crippen molar-refractivity contribution in [1.82, 2.24) is 20.0 Å². The smallest absolute Gasteiger partial charge is 0.230 e. The monoisotopic (exact) mass is 346 g/mol. The van der Waals surface area contributed by atoms with Crippen LogP contribution < -0.4 is 0 Å². The molecule has 0 saturated carbocycles. The molecule has 2 bridgehead atoms. The summed E-state index contributed by atoms with van der Waals surface area (Å²) >= 11 is 0. The van der Waals surface area contributed by atoms with E-state index in [1.54, 1.807) is 0 Å². The molecule has 0 aliphatic carbocycles. The van der Waals surface area contributed by atoms with E-state index in [1.807, 2.05) is 6.92 Å². The Bertz CT molecular complexity index is 572. The number of hydrogen-bond acceptors (Lipinski definition) is 5. The first-order valence-corrected chi connectivity index (χ1v) is 10.4. The molecule has 0 unspecified atom stereocenters. The van der Waals surface area contributed by atoms with Gasteiger partial charge in [-0.15, -0.1) is 10.2 Å². The molecule has 0 amide bonds. The van der Waals surface area contributed by atoms with Crippen molar-refractivity contribution < 1.29 is 4.42 Å². The van der Waals surface area contributed by atoms with Crippen molar-refractivity contribution >= 4 is 0 Å². The van der Waals surface area contributed by atoms with Crippen LogP contribution >= 0.6 is 0 Å². The minimum Gasteiger partial charge on any atom is -0.424 e. The van der Waals surface area contributed by atoms with E-state index in [4.69, 9.17) is 4.42 Å². The second kappa shape index (κ2) is 7.36. The Morgan fingerprint density at radius 3 is 2.76 bits per heavy atom. The van der Waals surface area contributed by atoms with Gasteiger partial charge < -0.3 is 4.42 Å². The molecule has 5 heteroatoms. The predicted octanol–water partition coefficient (Wildman–Crippen LogP) is 3.49. The SMILES string of the molecule is Cc1nnc(CN2C[C@H]3C[C@@H](C2)[C@H](CCC(C)C)N2CCCC[C@@H]32)o1. The highest BCUT2D eigenvalue weighted by Crippen LogP contribution is 2.42. The molecule has 0 radical (unpaired) electrons. The van der Waals surface area contributed by atoms with E-state index < -0.39 is 0 Å². The van der Waals surface area contributed by atoms with E-state index in [0.717, 1.165) is 42.3 Å². The molecule has 140 valence electrons. The van der Waals surface area contributed by atoms with Gasteiger partial charge in [-0.05, 0) is 56.4 Å². The fraction of sp³-hybridized carbons (Fsp3) is 0.900. The summed E-state index contributed by atoms with van der Waals surface area (Å²) in [5.41, 5.74) is 0. The van der Waals surface area contributed by atoms with Crippen LogP contribution in [0.3, 0.4) is 0 Å². The lowest BCUT2D eigenvalue weighted by Crippen LogP contribution is -2.63. The van der Waals surface area contributed by atoms with Crippen molar-refractivity contribution in [1.29, 1.82) is 0 Å². The van der Waals surface area contributed by atoms with Crippen LogP contribution in [-0.2, 0) is 6.54 Å². The fourth-order valence-electron chi connectivity index (χ4n) is 5.63. The Morgan fingerprint density at radius 1 is 1.16 bits per heavy atom. The molecule has 3 aliphatic rings. The standard InChI is InChI=1S/C20H34N4O/c1-14(2)7-8-19-17-10-16(18-6-4-5-9-24(18)19)11-23(12-17)13-20-22-21-15(3)25-20/h14,16-19H,4-13H2,1-3H3/t16-,17+,18+,19+/m1/s1. The highest BCUT2D eigenvalue weighted by Gasteiger charge is 2.46. The van der Waals surface area contributed by atoms with Gasteiger partial charge >= 0.3 is 0 Å². The molecule has 3 aliphatic heterocycles. The zero-order valence-electron chi connectivity index (χ0n) is 16.2. The van der Waals surface area contributed by atoms with Crippen molar-refractivity contribution in [3.8, 4) is 0 Å². The molecule has 4 atom stereocenters. The van der Waals surface area contributed by atoms with Crippen LogP contribution in [0.25, 0.3) is 0 Å². The third-order valence-electron chi connectivity index (χ3n) is 6.66. The molecule has 0 spiro atoms. The Balaban J connectivity index is 1.49.